The molecule has 0 spiro atoms. The lowest BCUT2D eigenvalue weighted by Gasteiger charge is -2.38. The molecule has 3 N–H and O–H groups in total. The number of hydrogen-bond acceptors (Lipinski definition) is 4. The zero-order valence-electron chi connectivity index (χ0n) is 12.5. The van der Waals surface area contributed by atoms with Crippen LogP contribution in [0.2, 0.25) is 0 Å². The predicted octanol–water partition coefficient (Wildman–Crippen LogP) is 2.13. The Morgan fingerprint density at radius 2 is 2.05 bits per heavy atom. The molecule has 0 saturated carbocycles. The molecule has 1 aromatic heterocycles. The molecule has 1 aliphatic heterocycles. The molecule has 0 aliphatic carbocycles. The summed E-state index contributed by atoms with van der Waals surface area (Å²) in [5.74, 6) is 0.295. The van der Waals surface area contributed by atoms with Crippen LogP contribution in [0.25, 0.3) is 0 Å². The summed E-state index contributed by atoms with van der Waals surface area (Å²) in [7, 11) is 0. The van der Waals surface area contributed by atoms with Crippen LogP contribution in [0.15, 0.2) is 12.1 Å². The maximum atomic E-state index is 12.4. The van der Waals surface area contributed by atoms with Crippen molar-refractivity contribution in [3.05, 3.63) is 23.4 Å². The Morgan fingerprint density at radius 3 is 2.65 bits per heavy atom. The molecular formula is C15H24N4O. The van der Waals surface area contributed by atoms with Crippen LogP contribution >= 0.6 is 0 Å². The van der Waals surface area contributed by atoms with E-state index in [1.165, 1.54) is 6.42 Å². The topological polar surface area (TPSA) is 71.2 Å². The van der Waals surface area contributed by atoms with Gasteiger partial charge in [0, 0.05) is 23.3 Å². The molecule has 0 aromatic carbocycles. The quantitative estimate of drug-likeness (QED) is 0.887. The number of aromatic nitrogens is 1. The van der Waals surface area contributed by atoms with Crippen LogP contribution in [0.4, 0.5) is 5.82 Å². The maximum absolute atomic E-state index is 12.4. The Balaban J connectivity index is 2.13. The molecule has 2 unspecified atom stereocenters. The van der Waals surface area contributed by atoms with Gasteiger partial charge in [0.2, 0.25) is 0 Å². The summed E-state index contributed by atoms with van der Waals surface area (Å²) in [6, 6.07) is 4.18. The molecule has 110 valence electrons. The largest absolute Gasteiger partial charge is 0.384 e. The highest BCUT2D eigenvalue weighted by atomic mass is 16.2. The summed E-state index contributed by atoms with van der Waals surface area (Å²) in [5.41, 5.74) is 10.2. The number of piperidine rings is 1. The van der Waals surface area contributed by atoms with E-state index in [9.17, 15) is 4.79 Å². The van der Waals surface area contributed by atoms with Gasteiger partial charge in [0.05, 0.1) is 0 Å². The van der Waals surface area contributed by atoms with Crippen LogP contribution in [0.5, 0.6) is 0 Å². The van der Waals surface area contributed by atoms with Gasteiger partial charge in [0.15, 0.2) is 0 Å². The van der Waals surface area contributed by atoms with E-state index >= 15 is 0 Å². The van der Waals surface area contributed by atoms with Gasteiger partial charge < -0.3 is 5.73 Å². The number of hydrogen-bond donors (Lipinski definition) is 2. The van der Waals surface area contributed by atoms with Crippen LogP contribution in [-0.2, 0) is 6.42 Å². The first-order chi connectivity index (χ1) is 9.51. The Hall–Kier alpha value is -1.62. The van der Waals surface area contributed by atoms with E-state index in [-0.39, 0.29) is 5.91 Å². The summed E-state index contributed by atoms with van der Waals surface area (Å²) in [5, 5.41) is 2.06. The van der Waals surface area contributed by atoms with Crippen molar-refractivity contribution in [3.63, 3.8) is 0 Å². The maximum Gasteiger partial charge on any atom is 0.265 e. The smallest absolute Gasteiger partial charge is 0.265 e. The van der Waals surface area contributed by atoms with Crippen molar-refractivity contribution in [1.82, 2.24) is 15.4 Å². The molecule has 2 rings (SSSR count). The second-order valence-electron chi connectivity index (χ2n) is 5.60. The summed E-state index contributed by atoms with van der Waals surface area (Å²) in [6.07, 6.45) is 4.21. The number of pyridine rings is 1. The Bertz CT molecular complexity index is 479. The minimum atomic E-state index is -0.102. The number of rotatable bonds is 3. The van der Waals surface area contributed by atoms with E-state index in [0.29, 0.717) is 23.5 Å². The van der Waals surface area contributed by atoms with E-state index < -0.39 is 0 Å². The zero-order valence-corrected chi connectivity index (χ0v) is 12.5. The molecule has 0 radical (unpaired) electrons. The summed E-state index contributed by atoms with van der Waals surface area (Å²) >= 11 is 0. The first-order valence-corrected chi connectivity index (χ1v) is 7.37. The van der Waals surface area contributed by atoms with Crippen molar-refractivity contribution in [2.45, 2.75) is 58.5 Å². The fraction of sp³-hybridized carbons (Fsp3) is 0.600. The summed E-state index contributed by atoms with van der Waals surface area (Å²) in [4.78, 5) is 16.6. The van der Waals surface area contributed by atoms with Crippen molar-refractivity contribution >= 4 is 11.7 Å². The number of nitrogen functional groups attached to an aromatic ring is 1. The number of nitrogens with two attached hydrogens (primary N) is 1. The lowest BCUT2D eigenvalue weighted by Crippen LogP contribution is -2.54. The van der Waals surface area contributed by atoms with Gasteiger partial charge in [0.1, 0.15) is 5.82 Å². The minimum absolute atomic E-state index is 0.102. The minimum Gasteiger partial charge on any atom is -0.384 e. The average Bonchev–Trinajstić information content (AvgIpc) is 2.42. The van der Waals surface area contributed by atoms with Crippen molar-refractivity contribution in [3.8, 4) is 0 Å². The number of amides is 1. The van der Waals surface area contributed by atoms with Gasteiger partial charge in [-0.2, -0.15) is 0 Å². The second-order valence-corrected chi connectivity index (χ2v) is 5.60. The van der Waals surface area contributed by atoms with Crippen molar-refractivity contribution in [2.24, 2.45) is 0 Å². The standard InChI is InChI=1S/C15H24N4O/c1-4-13-8-12(9-14(16)17-13)15(20)18-19-10(2)6-5-7-11(19)3/h8-11H,4-7H2,1-3H3,(H2,16,17)(H,18,20). The monoisotopic (exact) mass is 276 g/mol. The molecule has 1 amide bonds. The molecule has 1 aromatic rings. The number of carbonyl (C=O) groups excluding carboxylic acids is 1. The van der Waals surface area contributed by atoms with Crippen molar-refractivity contribution in [1.29, 1.82) is 0 Å². The fourth-order valence-corrected chi connectivity index (χ4v) is 2.75. The van der Waals surface area contributed by atoms with Crippen molar-refractivity contribution in [2.75, 3.05) is 5.73 Å². The molecule has 5 heteroatoms. The number of anilines is 1. The van der Waals surface area contributed by atoms with E-state index in [0.717, 1.165) is 25.0 Å². The van der Waals surface area contributed by atoms with Crippen molar-refractivity contribution < 1.29 is 4.79 Å². The predicted molar refractivity (Wildman–Crippen MR) is 80.1 cm³/mol. The highest BCUT2D eigenvalue weighted by Gasteiger charge is 2.26. The SMILES string of the molecule is CCc1cc(C(=O)NN2C(C)CCCC2C)cc(N)n1. The summed E-state index contributed by atoms with van der Waals surface area (Å²) < 4.78 is 0. The van der Waals surface area contributed by atoms with Gasteiger partial charge in [-0.3, -0.25) is 10.2 Å². The molecule has 2 heterocycles. The fourth-order valence-electron chi connectivity index (χ4n) is 2.75. The normalized spacial score (nSPS) is 23.6. The van der Waals surface area contributed by atoms with Gasteiger partial charge in [-0.15, -0.1) is 0 Å². The number of nitrogens with zero attached hydrogens (tertiary/aromatic N) is 2. The average molecular weight is 276 g/mol. The molecule has 5 nitrogen and oxygen atoms in total. The third kappa shape index (κ3) is 3.28. The molecule has 20 heavy (non-hydrogen) atoms. The Labute approximate surface area is 120 Å². The van der Waals surface area contributed by atoms with Gasteiger partial charge >= 0.3 is 0 Å². The lowest BCUT2D eigenvalue weighted by atomic mass is 10.00. The molecule has 1 fully saturated rings. The zero-order chi connectivity index (χ0) is 14.7. The summed E-state index contributed by atoms with van der Waals surface area (Å²) in [6.45, 7) is 6.29. The third-order valence-electron chi connectivity index (χ3n) is 3.95. The molecule has 2 atom stereocenters. The number of hydrazine groups is 1. The van der Waals surface area contributed by atoms with Gasteiger partial charge in [-0.25, -0.2) is 9.99 Å². The number of nitrogens with one attached hydrogen (secondary N) is 1. The van der Waals surface area contributed by atoms with Crippen LogP contribution in [-0.4, -0.2) is 28.0 Å². The first-order valence-electron chi connectivity index (χ1n) is 7.37. The highest BCUT2D eigenvalue weighted by Crippen LogP contribution is 2.20. The third-order valence-corrected chi connectivity index (χ3v) is 3.95. The van der Waals surface area contributed by atoms with Crippen LogP contribution in [0.3, 0.4) is 0 Å². The number of carbonyl (C=O) groups is 1. The second kappa shape index (κ2) is 6.22. The first kappa shape index (κ1) is 14.8. The number of aryl methyl sites for hydroxylation is 1. The Kier molecular flexibility index (Phi) is 4.60. The van der Waals surface area contributed by atoms with E-state index in [1.807, 2.05) is 13.0 Å². The molecule has 1 aliphatic rings. The van der Waals surface area contributed by atoms with Gasteiger partial charge in [-0.1, -0.05) is 13.3 Å². The van der Waals surface area contributed by atoms with Gasteiger partial charge in [0.25, 0.3) is 5.91 Å². The van der Waals surface area contributed by atoms with Crippen LogP contribution in [0, 0.1) is 0 Å². The van der Waals surface area contributed by atoms with Crippen LogP contribution in [0.1, 0.15) is 56.1 Å². The van der Waals surface area contributed by atoms with Gasteiger partial charge in [-0.05, 0) is 45.2 Å². The molecule has 0 bridgehead atoms. The highest BCUT2D eigenvalue weighted by molar-refractivity contribution is 5.94. The lowest BCUT2D eigenvalue weighted by molar-refractivity contribution is 0.0369. The molecule has 1 saturated heterocycles. The van der Waals surface area contributed by atoms with E-state index in [4.69, 9.17) is 5.73 Å². The Morgan fingerprint density at radius 1 is 1.40 bits per heavy atom. The van der Waals surface area contributed by atoms with E-state index in [1.54, 1.807) is 6.07 Å². The van der Waals surface area contributed by atoms with Crippen LogP contribution < -0.4 is 11.2 Å². The molecular weight excluding hydrogens is 252 g/mol. The van der Waals surface area contributed by atoms with E-state index in [2.05, 4.69) is 29.3 Å².